The van der Waals surface area contributed by atoms with E-state index in [-0.39, 0.29) is 5.91 Å². The Bertz CT molecular complexity index is 920. The molecule has 0 saturated carbocycles. The molecule has 0 radical (unpaired) electrons. The minimum atomic E-state index is -0.0161. The number of carbonyl (C=O) groups is 1. The summed E-state index contributed by atoms with van der Waals surface area (Å²) in [5.41, 5.74) is 2.26. The average Bonchev–Trinajstić information content (AvgIpc) is 3.04. The molecule has 4 rings (SSSR count). The fourth-order valence-electron chi connectivity index (χ4n) is 3.44. The minimum Gasteiger partial charge on any atom is -0.340 e. The second-order valence-electron chi connectivity index (χ2n) is 7.03. The molecule has 1 saturated heterocycles. The van der Waals surface area contributed by atoms with Gasteiger partial charge in [-0.3, -0.25) is 4.79 Å². The molecule has 3 aromatic rings. The van der Waals surface area contributed by atoms with Gasteiger partial charge in [0.15, 0.2) is 5.82 Å². The third-order valence-electron chi connectivity index (χ3n) is 4.92. The molecule has 0 aliphatic carbocycles. The van der Waals surface area contributed by atoms with Crippen molar-refractivity contribution in [2.24, 2.45) is 0 Å². The lowest BCUT2D eigenvalue weighted by atomic mass is 10.2. The van der Waals surface area contributed by atoms with Gasteiger partial charge in [-0.15, -0.1) is 0 Å². The Hall–Kier alpha value is -3.21. The number of aromatic nitrogens is 2. The zero-order valence-corrected chi connectivity index (χ0v) is 15.8. The number of benzene rings is 2. The molecule has 2 heterocycles. The van der Waals surface area contributed by atoms with Crippen LogP contribution < -0.4 is 5.32 Å². The molecule has 0 atom stereocenters. The number of nitrogens with zero attached hydrogens (tertiary/aromatic N) is 3. The van der Waals surface area contributed by atoms with E-state index in [0.29, 0.717) is 17.3 Å². The smallest absolute Gasteiger partial charge is 0.272 e. The van der Waals surface area contributed by atoms with Crippen molar-refractivity contribution in [1.82, 2.24) is 14.9 Å². The molecule has 2 aromatic carbocycles. The van der Waals surface area contributed by atoms with Crippen LogP contribution in [0.2, 0.25) is 0 Å². The van der Waals surface area contributed by atoms with Crippen molar-refractivity contribution in [2.75, 3.05) is 18.4 Å². The molecule has 1 aromatic heterocycles. The standard InChI is InChI=1S/C23H24N4O/c28-23(27-15-9-1-2-10-16-27)20-17-21(24-19-13-7-4-8-14-19)26-22(25-20)18-11-5-3-6-12-18/h3-8,11-14,17H,1-2,9-10,15-16H2,(H,24,25,26). The molecule has 1 N–H and O–H groups in total. The molecule has 5 nitrogen and oxygen atoms in total. The lowest BCUT2D eigenvalue weighted by Gasteiger charge is -2.20. The van der Waals surface area contributed by atoms with E-state index in [4.69, 9.17) is 0 Å². The van der Waals surface area contributed by atoms with Gasteiger partial charge >= 0.3 is 0 Å². The predicted molar refractivity (Wildman–Crippen MR) is 112 cm³/mol. The number of rotatable bonds is 4. The van der Waals surface area contributed by atoms with E-state index in [1.54, 1.807) is 6.07 Å². The van der Waals surface area contributed by atoms with Crippen LogP contribution in [-0.2, 0) is 0 Å². The van der Waals surface area contributed by atoms with Crippen LogP contribution in [0.5, 0.6) is 0 Å². The Kier molecular flexibility index (Phi) is 5.61. The van der Waals surface area contributed by atoms with Crippen molar-refractivity contribution >= 4 is 17.4 Å². The highest BCUT2D eigenvalue weighted by Gasteiger charge is 2.20. The second kappa shape index (κ2) is 8.65. The molecular formula is C23H24N4O. The first-order valence-electron chi connectivity index (χ1n) is 9.85. The number of hydrogen-bond acceptors (Lipinski definition) is 4. The number of para-hydroxylation sites is 1. The molecule has 1 amide bonds. The number of likely N-dealkylation sites (tertiary alicyclic amines) is 1. The maximum atomic E-state index is 13.1. The quantitative estimate of drug-likeness (QED) is 0.707. The number of hydrogen-bond donors (Lipinski definition) is 1. The van der Waals surface area contributed by atoms with Crippen molar-refractivity contribution in [3.63, 3.8) is 0 Å². The molecule has 0 spiro atoms. The first kappa shape index (κ1) is 18.2. The summed E-state index contributed by atoms with van der Waals surface area (Å²) in [5.74, 6) is 1.16. The van der Waals surface area contributed by atoms with E-state index in [9.17, 15) is 4.79 Å². The Labute approximate surface area is 165 Å². The SMILES string of the molecule is O=C(c1cc(Nc2ccccc2)nc(-c2ccccc2)n1)N1CCCCCC1. The van der Waals surface area contributed by atoms with Gasteiger partial charge in [0.1, 0.15) is 11.5 Å². The first-order valence-corrected chi connectivity index (χ1v) is 9.85. The summed E-state index contributed by atoms with van der Waals surface area (Å²) in [6, 6.07) is 21.4. The van der Waals surface area contributed by atoms with E-state index < -0.39 is 0 Å². The maximum absolute atomic E-state index is 13.1. The van der Waals surface area contributed by atoms with Gasteiger partial charge in [0.25, 0.3) is 5.91 Å². The van der Waals surface area contributed by atoms with Crippen LogP contribution >= 0.6 is 0 Å². The predicted octanol–water partition coefficient (Wildman–Crippen LogP) is 4.90. The number of amides is 1. The Morgan fingerprint density at radius 1 is 0.821 bits per heavy atom. The van der Waals surface area contributed by atoms with E-state index >= 15 is 0 Å². The molecule has 1 fully saturated rings. The van der Waals surface area contributed by atoms with Gasteiger partial charge in [-0.05, 0) is 25.0 Å². The normalized spacial score (nSPS) is 14.4. The van der Waals surface area contributed by atoms with Gasteiger partial charge in [0.05, 0.1) is 0 Å². The van der Waals surface area contributed by atoms with Crippen molar-refractivity contribution < 1.29 is 4.79 Å². The molecule has 142 valence electrons. The summed E-state index contributed by atoms with van der Waals surface area (Å²) in [7, 11) is 0. The fraction of sp³-hybridized carbons (Fsp3) is 0.261. The third kappa shape index (κ3) is 4.36. The van der Waals surface area contributed by atoms with E-state index in [2.05, 4.69) is 15.3 Å². The van der Waals surface area contributed by atoms with Gasteiger partial charge in [-0.25, -0.2) is 9.97 Å². The highest BCUT2D eigenvalue weighted by Crippen LogP contribution is 2.22. The molecule has 28 heavy (non-hydrogen) atoms. The fourth-order valence-corrected chi connectivity index (χ4v) is 3.44. The molecule has 0 unspecified atom stereocenters. The third-order valence-corrected chi connectivity index (χ3v) is 4.92. The summed E-state index contributed by atoms with van der Waals surface area (Å²) in [6.07, 6.45) is 4.47. The highest BCUT2D eigenvalue weighted by molar-refractivity contribution is 5.93. The second-order valence-corrected chi connectivity index (χ2v) is 7.03. The zero-order chi connectivity index (χ0) is 19.2. The molecular weight excluding hydrogens is 348 g/mol. The Morgan fingerprint density at radius 2 is 1.46 bits per heavy atom. The lowest BCUT2D eigenvalue weighted by molar-refractivity contribution is 0.0756. The molecule has 1 aliphatic rings. The van der Waals surface area contributed by atoms with Crippen molar-refractivity contribution in [1.29, 1.82) is 0 Å². The number of anilines is 2. The lowest BCUT2D eigenvalue weighted by Crippen LogP contribution is -2.32. The van der Waals surface area contributed by atoms with Crippen LogP contribution in [-0.4, -0.2) is 33.9 Å². The summed E-state index contributed by atoms with van der Waals surface area (Å²) in [4.78, 5) is 24.3. The van der Waals surface area contributed by atoms with E-state index in [1.807, 2.05) is 65.6 Å². The summed E-state index contributed by atoms with van der Waals surface area (Å²) < 4.78 is 0. The van der Waals surface area contributed by atoms with Crippen LogP contribution in [0.1, 0.15) is 36.2 Å². The van der Waals surface area contributed by atoms with Crippen LogP contribution in [0, 0.1) is 0 Å². The maximum Gasteiger partial charge on any atom is 0.272 e. The van der Waals surface area contributed by atoms with Gasteiger partial charge in [-0.1, -0.05) is 61.4 Å². The number of carbonyl (C=O) groups excluding carboxylic acids is 1. The van der Waals surface area contributed by atoms with Crippen LogP contribution in [0.25, 0.3) is 11.4 Å². The van der Waals surface area contributed by atoms with Gasteiger partial charge in [-0.2, -0.15) is 0 Å². The zero-order valence-electron chi connectivity index (χ0n) is 15.8. The van der Waals surface area contributed by atoms with Crippen LogP contribution in [0.15, 0.2) is 66.7 Å². The Balaban J connectivity index is 1.70. The summed E-state index contributed by atoms with van der Waals surface area (Å²) in [6.45, 7) is 1.59. The minimum absolute atomic E-state index is 0.0161. The van der Waals surface area contributed by atoms with Crippen LogP contribution in [0.3, 0.4) is 0 Å². The van der Waals surface area contributed by atoms with Crippen molar-refractivity contribution in [2.45, 2.75) is 25.7 Å². The van der Waals surface area contributed by atoms with E-state index in [1.165, 1.54) is 12.8 Å². The summed E-state index contributed by atoms with van der Waals surface area (Å²) in [5, 5.41) is 3.30. The molecule has 5 heteroatoms. The van der Waals surface area contributed by atoms with Gasteiger partial charge in [0, 0.05) is 30.4 Å². The van der Waals surface area contributed by atoms with Gasteiger partial charge in [0.2, 0.25) is 0 Å². The molecule has 1 aliphatic heterocycles. The van der Waals surface area contributed by atoms with Crippen molar-refractivity contribution in [3.05, 3.63) is 72.4 Å². The van der Waals surface area contributed by atoms with E-state index in [0.717, 1.165) is 37.2 Å². The number of nitrogens with one attached hydrogen (secondary N) is 1. The summed E-state index contributed by atoms with van der Waals surface area (Å²) >= 11 is 0. The topological polar surface area (TPSA) is 58.1 Å². The largest absolute Gasteiger partial charge is 0.340 e. The van der Waals surface area contributed by atoms with Gasteiger partial charge < -0.3 is 10.2 Å². The van der Waals surface area contributed by atoms with Crippen LogP contribution in [0.4, 0.5) is 11.5 Å². The van der Waals surface area contributed by atoms with Crippen molar-refractivity contribution in [3.8, 4) is 11.4 Å². The average molecular weight is 372 g/mol. The highest BCUT2D eigenvalue weighted by atomic mass is 16.2. The monoisotopic (exact) mass is 372 g/mol. The first-order chi connectivity index (χ1) is 13.8. The Morgan fingerprint density at radius 3 is 2.14 bits per heavy atom. The molecule has 0 bridgehead atoms.